The number of hydrogen-bond donors (Lipinski definition) is 1. The van der Waals surface area contributed by atoms with E-state index in [9.17, 15) is 0 Å². The van der Waals surface area contributed by atoms with Gasteiger partial charge in [0.1, 0.15) is 0 Å². The van der Waals surface area contributed by atoms with Crippen LogP contribution in [0.15, 0.2) is 24.3 Å². The Kier molecular flexibility index (Phi) is 5.08. The average molecular weight is 266 g/mol. The monoisotopic (exact) mass is 265 g/mol. The largest absolute Gasteiger partial charge is 0.313 e. The second kappa shape index (κ2) is 6.58. The maximum atomic E-state index is 5.97. The summed E-state index contributed by atoms with van der Waals surface area (Å²) in [6.45, 7) is 5.73. The van der Waals surface area contributed by atoms with Crippen LogP contribution < -0.4 is 5.32 Å². The van der Waals surface area contributed by atoms with Gasteiger partial charge in [0.2, 0.25) is 0 Å². The van der Waals surface area contributed by atoms with Gasteiger partial charge in [0.05, 0.1) is 0 Å². The lowest BCUT2D eigenvalue weighted by Crippen LogP contribution is -2.24. The van der Waals surface area contributed by atoms with Crippen molar-refractivity contribution in [2.45, 2.75) is 51.5 Å². The van der Waals surface area contributed by atoms with Crippen LogP contribution in [0, 0.1) is 5.92 Å². The molecule has 0 amide bonds. The zero-order chi connectivity index (χ0) is 13.0. The molecule has 0 heterocycles. The molecule has 2 atom stereocenters. The molecule has 1 aromatic rings. The van der Waals surface area contributed by atoms with E-state index in [0.29, 0.717) is 5.92 Å². The highest BCUT2D eigenvalue weighted by molar-refractivity contribution is 6.30. The quantitative estimate of drug-likeness (QED) is 0.759. The summed E-state index contributed by atoms with van der Waals surface area (Å²) in [5.74, 6) is 1.41. The van der Waals surface area contributed by atoms with Gasteiger partial charge in [-0.25, -0.2) is 0 Å². The highest BCUT2D eigenvalue weighted by atomic mass is 35.5. The standard InChI is InChI=1S/C16H24ClN/c1-3-12(2)10-14(11-18-16-8-9-16)13-4-6-15(17)7-5-13/h4-7,12,14,16,18H,3,8-11H2,1-2H3. The molecule has 1 nitrogen and oxygen atoms in total. The lowest BCUT2D eigenvalue weighted by atomic mass is 9.88. The third-order valence-electron chi connectivity index (χ3n) is 3.96. The van der Waals surface area contributed by atoms with Crippen molar-refractivity contribution in [2.75, 3.05) is 6.54 Å². The molecule has 0 radical (unpaired) electrons. The van der Waals surface area contributed by atoms with E-state index in [1.165, 1.54) is 31.2 Å². The molecule has 0 spiro atoms. The summed E-state index contributed by atoms with van der Waals surface area (Å²) < 4.78 is 0. The highest BCUT2D eigenvalue weighted by Crippen LogP contribution is 2.27. The summed E-state index contributed by atoms with van der Waals surface area (Å²) in [7, 11) is 0. The van der Waals surface area contributed by atoms with Crippen LogP contribution >= 0.6 is 11.6 Å². The summed E-state index contributed by atoms with van der Waals surface area (Å²) >= 11 is 5.97. The Morgan fingerprint density at radius 1 is 1.28 bits per heavy atom. The Morgan fingerprint density at radius 2 is 1.94 bits per heavy atom. The van der Waals surface area contributed by atoms with Crippen LogP contribution in [0.4, 0.5) is 0 Å². The topological polar surface area (TPSA) is 12.0 Å². The van der Waals surface area contributed by atoms with Crippen LogP contribution in [0.3, 0.4) is 0 Å². The molecule has 0 aliphatic heterocycles. The maximum Gasteiger partial charge on any atom is 0.0406 e. The van der Waals surface area contributed by atoms with E-state index < -0.39 is 0 Å². The lowest BCUT2D eigenvalue weighted by molar-refractivity contribution is 0.435. The van der Waals surface area contributed by atoms with Crippen molar-refractivity contribution in [1.82, 2.24) is 5.32 Å². The third kappa shape index (κ3) is 4.29. The molecule has 0 aromatic heterocycles. The second-order valence-corrected chi connectivity index (χ2v) is 6.12. The molecular weight excluding hydrogens is 242 g/mol. The highest BCUT2D eigenvalue weighted by Gasteiger charge is 2.23. The van der Waals surface area contributed by atoms with Crippen LogP contribution in [0.2, 0.25) is 5.02 Å². The van der Waals surface area contributed by atoms with Gasteiger partial charge in [0.25, 0.3) is 0 Å². The van der Waals surface area contributed by atoms with Crippen molar-refractivity contribution in [3.05, 3.63) is 34.9 Å². The van der Waals surface area contributed by atoms with E-state index in [2.05, 4.69) is 31.3 Å². The molecule has 2 heteroatoms. The van der Waals surface area contributed by atoms with Gasteiger partial charge in [0.15, 0.2) is 0 Å². The van der Waals surface area contributed by atoms with Crippen LogP contribution in [0.1, 0.15) is 51.0 Å². The van der Waals surface area contributed by atoms with Crippen molar-refractivity contribution in [3.8, 4) is 0 Å². The fourth-order valence-corrected chi connectivity index (χ4v) is 2.45. The molecular formula is C16H24ClN. The number of benzene rings is 1. The predicted octanol–water partition coefficient (Wildman–Crippen LogP) is 4.61. The van der Waals surface area contributed by atoms with Gasteiger partial charge in [-0.2, -0.15) is 0 Å². The van der Waals surface area contributed by atoms with Gasteiger partial charge in [-0.05, 0) is 48.8 Å². The van der Waals surface area contributed by atoms with Crippen LogP contribution in [0.25, 0.3) is 0 Å². The Balaban J connectivity index is 1.99. The molecule has 0 saturated heterocycles. The Bertz CT molecular complexity index is 356. The van der Waals surface area contributed by atoms with Crippen molar-refractivity contribution >= 4 is 11.6 Å². The molecule has 1 aliphatic carbocycles. The fraction of sp³-hybridized carbons (Fsp3) is 0.625. The van der Waals surface area contributed by atoms with Gasteiger partial charge in [-0.15, -0.1) is 0 Å². The van der Waals surface area contributed by atoms with E-state index in [1.54, 1.807) is 0 Å². The summed E-state index contributed by atoms with van der Waals surface area (Å²) in [6.07, 6.45) is 5.23. The molecule has 2 unspecified atom stereocenters. The zero-order valence-electron chi connectivity index (χ0n) is 11.5. The summed E-state index contributed by atoms with van der Waals surface area (Å²) in [5.41, 5.74) is 1.42. The first-order valence-electron chi connectivity index (χ1n) is 7.18. The molecule has 1 aromatic carbocycles. The van der Waals surface area contributed by atoms with E-state index in [4.69, 9.17) is 11.6 Å². The van der Waals surface area contributed by atoms with E-state index in [1.807, 2.05) is 12.1 Å². The van der Waals surface area contributed by atoms with Crippen molar-refractivity contribution in [3.63, 3.8) is 0 Å². The zero-order valence-corrected chi connectivity index (χ0v) is 12.2. The first kappa shape index (κ1) is 13.9. The normalized spacial score (nSPS) is 18.6. The molecule has 1 aliphatic rings. The van der Waals surface area contributed by atoms with Gasteiger partial charge < -0.3 is 5.32 Å². The number of rotatable bonds is 7. The van der Waals surface area contributed by atoms with Gasteiger partial charge in [0, 0.05) is 17.6 Å². The fourth-order valence-electron chi connectivity index (χ4n) is 2.32. The van der Waals surface area contributed by atoms with E-state index in [0.717, 1.165) is 23.5 Å². The molecule has 18 heavy (non-hydrogen) atoms. The third-order valence-corrected chi connectivity index (χ3v) is 4.21. The SMILES string of the molecule is CCC(C)CC(CNC1CC1)c1ccc(Cl)cc1. The smallest absolute Gasteiger partial charge is 0.0406 e. The number of halogens is 1. The summed E-state index contributed by atoms with van der Waals surface area (Å²) in [4.78, 5) is 0. The Labute approximate surface area is 116 Å². The van der Waals surface area contributed by atoms with Crippen molar-refractivity contribution in [2.24, 2.45) is 5.92 Å². The molecule has 1 fully saturated rings. The minimum atomic E-state index is 0.623. The molecule has 100 valence electrons. The van der Waals surface area contributed by atoms with E-state index in [-0.39, 0.29) is 0 Å². The van der Waals surface area contributed by atoms with Gasteiger partial charge >= 0.3 is 0 Å². The number of nitrogens with one attached hydrogen (secondary N) is 1. The minimum Gasteiger partial charge on any atom is -0.313 e. The average Bonchev–Trinajstić information content (AvgIpc) is 3.19. The van der Waals surface area contributed by atoms with Crippen LogP contribution in [-0.4, -0.2) is 12.6 Å². The lowest BCUT2D eigenvalue weighted by Gasteiger charge is -2.21. The summed E-state index contributed by atoms with van der Waals surface area (Å²) in [6, 6.07) is 9.18. The van der Waals surface area contributed by atoms with Crippen molar-refractivity contribution in [1.29, 1.82) is 0 Å². The van der Waals surface area contributed by atoms with Gasteiger partial charge in [-0.1, -0.05) is 44.0 Å². The predicted molar refractivity (Wildman–Crippen MR) is 79.3 cm³/mol. The maximum absolute atomic E-state index is 5.97. The number of hydrogen-bond acceptors (Lipinski definition) is 1. The van der Waals surface area contributed by atoms with Gasteiger partial charge in [-0.3, -0.25) is 0 Å². The molecule has 1 saturated carbocycles. The first-order chi connectivity index (χ1) is 8.69. The van der Waals surface area contributed by atoms with Crippen LogP contribution in [-0.2, 0) is 0 Å². The minimum absolute atomic E-state index is 0.623. The molecule has 0 bridgehead atoms. The molecule has 1 N–H and O–H groups in total. The Hall–Kier alpha value is -0.530. The molecule has 2 rings (SSSR count). The second-order valence-electron chi connectivity index (χ2n) is 5.68. The van der Waals surface area contributed by atoms with Crippen molar-refractivity contribution < 1.29 is 0 Å². The first-order valence-corrected chi connectivity index (χ1v) is 7.55. The Morgan fingerprint density at radius 3 is 2.50 bits per heavy atom. The summed E-state index contributed by atoms with van der Waals surface area (Å²) in [5, 5.41) is 4.50. The van der Waals surface area contributed by atoms with Crippen LogP contribution in [0.5, 0.6) is 0 Å². The van der Waals surface area contributed by atoms with E-state index >= 15 is 0 Å².